The number of amides is 1. The molecule has 2 aliphatic rings. The van der Waals surface area contributed by atoms with E-state index in [9.17, 15) is 4.79 Å². The van der Waals surface area contributed by atoms with Crippen LogP contribution in [0.25, 0.3) is 0 Å². The van der Waals surface area contributed by atoms with Crippen molar-refractivity contribution in [2.24, 2.45) is 0 Å². The highest BCUT2D eigenvalue weighted by molar-refractivity contribution is 5.77. The lowest BCUT2D eigenvalue weighted by Gasteiger charge is -2.31. The Bertz CT molecular complexity index is 723. The molecule has 0 saturated carbocycles. The molecule has 2 atom stereocenters. The summed E-state index contributed by atoms with van der Waals surface area (Å²) in [7, 11) is 0. The lowest BCUT2D eigenvalue weighted by Crippen LogP contribution is -2.46. The summed E-state index contributed by atoms with van der Waals surface area (Å²) in [6.45, 7) is 0.667. The topological polar surface area (TPSA) is 66.0 Å². The number of carbonyl (C=O) groups excluding carboxylic acids is 1. The van der Waals surface area contributed by atoms with Crippen LogP contribution in [-0.2, 0) is 9.53 Å². The van der Waals surface area contributed by atoms with E-state index in [1.165, 1.54) is 0 Å². The highest BCUT2D eigenvalue weighted by Crippen LogP contribution is 2.37. The van der Waals surface area contributed by atoms with Crippen LogP contribution in [0, 0.1) is 0 Å². The van der Waals surface area contributed by atoms with E-state index in [0.29, 0.717) is 23.8 Å². The van der Waals surface area contributed by atoms with Gasteiger partial charge < -0.3 is 24.3 Å². The van der Waals surface area contributed by atoms with Gasteiger partial charge in [0.05, 0.1) is 0 Å². The third kappa shape index (κ3) is 3.00. The summed E-state index contributed by atoms with van der Waals surface area (Å²) in [5, 5.41) is 2.82. The zero-order valence-electron chi connectivity index (χ0n) is 12.9. The maximum absolute atomic E-state index is 11.3. The van der Waals surface area contributed by atoms with Crippen LogP contribution in [0.4, 0.5) is 0 Å². The molecule has 2 aliphatic heterocycles. The summed E-state index contributed by atoms with van der Waals surface area (Å²) in [5.41, 5.74) is 0.983. The van der Waals surface area contributed by atoms with Gasteiger partial charge in [-0.15, -0.1) is 0 Å². The van der Waals surface area contributed by atoms with E-state index in [4.69, 9.17) is 18.9 Å². The fourth-order valence-corrected chi connectivity index (χ4v) is 2.80. The van der Waals surface area contributed by atoms with Gasteiger partial charge in [0.1, 0.15) is 18.5 Å². The average molecular weight is 327 g/mol. The number of hydrogen-bond donors (Lipinski definition) is 1. The van der Waals surface area contributed by atoms with Gasteiger partial charge in [-0.1, -0.05) is 30.3 Å². The van der Waals surface area contributed by atoms with Crippen LogP contribution in [0.5, 0.6) is 17.2 Å². The molecule has 0 aromatic heterocycles. The van der Waals surface area contributed by atoms with Gasteiger partial charge in [-0.3, -0.25) is 4.79 Å². The Kier molecular flexibility index (Phi) is 3.96. The lowest BCUT2D eigenvalue weighted by molar-refractivity contribution is -0.137. The third-order valence-corrected chi connectivity index (χ3v) is 4.00. The summed E-state index contributed by atoms with van der Waals surface area (Å²) in [4.78, 5) is 11.3. The van der Waals surface area contributed by atoms with E-state index in [1.807, 2.05) is 42.5 Å². The number of hydrogen-bond acceptors (Lipinski definition) is 5. The van der Waals surface area contributed by atoms with Gasteiger partial charge >= 0.3 is 0 Å². The van der Waals surface area contributed by atoms with E-state index in [2.05, 4.69) is 5.32 Å². The second-order valence-corrected chi connectivity index (χ2v) is 5.62. The number of nitrogens with one attached hydrogen (secondary N) is 1. The molecule has 6 heteroatoms. The zero-order chi connectivity index (χ0) is 16.4. The third-order valence-electron chi connectivity index (χ3n) is 4.00. The van der Waals surface area contributed by atoms with E-state index < -0.39 is 0 Å². The predicted molar refractivity (Wildman–Crippen MR) is 85.1 cm³/mol. The fraction of sp³-hybridized carbons (Fsp3) is 0.278. The highest BCUT2D eigenvalue weighted by atomic mass is 16.7. The largest absolute Gasteiger partial charge is 0.483 e. The zero-order valence-corrected chi connectivity index (χ0v) is 12.9. The van der Waals surface area contributed by atoms with Crippen molar-refractivity contribution in [3.63, 3.8) is 0 Å². The molecular formula is C18H17NO5. The minimum atomic E-state index is -0.341. The Morgan fingerprint density at radius 3 is 2.71 bits per heavy atom. The number of rotatable bonds is 4. The number of carbonyl (C=O) groups is 1. The van der Waals surface area contributed by atoms with Crippen LogP contribution in [0.2, 0.25) is 0 Å². The molecule has 2 aromatic carbocycles. The Labute approximate surface area is 139 Å². The van der Waals surface area contributed by atoms with Crippen molar-refractivity contribution in [3.8, 4) is 17.2 Å². The van der Waals surface area contributed by atoms with Crippen LogP contribution in [0.3, 0.4) is 0 Å². The number of morpholine rings is 1. The number of ether oxygens (including phenoxy) is 4. The molecule has 0 aliphatic carbocycles. The Hall–Kier alpha value is -2.73. The molecule has 6 nitrogen and oxygen atoms in total. The van der Waals surface area contributed by atoms with Crippen LogP contribution in [0.15, 0.2) is 48.5 Å². The first-order valence-corrected chi connectivity index (χ1v) is 7.79. The number of benzene rings is 2. The van der Waals surface area contributed by atoms with Gasteiger partial charge in [-0.25, -0.2) is 0 Å². The minimum absolute atomic E-state index is 0.0402. The van der Waals surface area contributed by atoms with E-state index in [1.54, 1.807) is 6.07 Å². The average Bonchev–Trinajstić information content (AvgIpc) is 3.09. The van der Waals surface area contributed by atoms with Crippen molar-refractivity contribution >= 4 is 5.91 Å². The summed E-state index contributed by atoms with van der Waals surface area (Å²) in [5.74, 6) is 1.92. The molecule has 1 saturated heterocycles. The van der Waals surface area contributed by atoms with Gasteiger partial charge in [-0.2, -0.15) is 0 Å². The monoisotopic (exact) mass is 327 g/mol. The first-order valence-electron chi connectivity index (χ1n) is 7.79. The Morgan fingerprint density at radius 1 is 1.08 bits per heavy atom. The van der Waals surface area contributed by atoms with Crippen molar-refractivity contribution in [1.29, 1.82) is 0 Å². The first kappa shape index (κ1) is 14.8. The van der Waals surface area contributed by atoms with Crippen molar-refractivity contribution in [2.45, 2.75) is 12.2 Å². The highest BCUT2D eigenvalue weighted by Gasteiger charge is 2.30. The van der Waals surface area contributed by atoms with Crippen LogP contribution < -0.4 is 19.5 Å². The lowest BCUT2D eigenvalue weighted by atomic mass is 10.0. The second-order valence-electron chi connectivity index (χ2n) is 5.62. The van der Waals surface area contributed by atoms with Crippen LogP contribution in [-0.4, -0.2) is 32.0 Å². The first-order chi connectivity index (χ1) is 11.8. The van der Waals surface area contributed by atoms with Crippen LogP contribution >= 0.6 is 0 Å². The maximum atomic E-state index is 11.3. The molecular weight excluding hydrogens is 310 g/mol. The maximum Gasteiger partial charge on any atom is 0.246 e. The molecule has 0 spiro atoms. The molecule has 0 bridgehead atoms. The summed E-state index contributed by atoms with van der Waals surface area (Å²) in [6, 6.07) is 15.3. The normalized spacial score (nSPS) is 20.3. The van der Waals surface area contributed by atoms with Gasteiger partial charge in [0.25, 0.3) is 0 Å². The number of fused-ring (bicyclic) bond motifs is 1. The van der Waals surface area contributed by atoms with Gasteiger partial charge in [-0.05, 0) is 17.7 Å². The van der Waals surface area contributed by atoms with Crippen molar-refractivity contribution < 1.29 is 23.7 Å². The van der Waals surface area contributed by atoms with E-state index in [0.717, 1.165) is 5.56 Å². The molecule has 0 radical (unpaired) electrons. The summed E-state index contributed by atoms with van der Waals surface area (Å²) >= 11 is 0. The molecule has 2 unspecified atom stereocenters. The van der Waals surface area contributed by atoms with Gasteiger partial charge in [0, 0.05) is 12.6 Å². The second kappa shape index (κ2) is 6.41. The standard InChI is InChI=1S/C18H17NO5/c20-17-10-21-16(9-19-17)18(12-4-2-1-3-5-12)24-13-6-7-14-15(8-13)23-11-22-14/h1-8,16,18H,9-11H2,(H,19,20). The molecule has 2 aromatic rings. The molecule has 2 heterocycles. The molecule has 124 valence electrons. The van der Waals surface area contributed by atoms with Crippen molar-refractivity contribution in [3.05, 3.63) is 54.1 Å². The molecule has 1 amide bonds. The van der Waals surface area contributed by atoms with Crippen molar-refractivity contribution in [1.82, 2.24) is 5.32 Å². The quantitative estimate of drug-likeness (QED) is 0.931. The van der Waals surface area contributed by atoms with E-state index >= 15 is 0 Å². The smallest absolute Gasteiger partial charge is 0.246 e. The Balaban J connectivity index is 1.59. The molecule has 24 heavy (non-hydrogen) atoms. The van der Waals surface area contributed by atoms with Gasteiger partial charge in [0.15, 0.2) is 17.6 Å². The summed E-state index contributed by atoms with van der Waals surface area (Å²) < 4.78 is 22.6. The molecule has 4 rings (SSSR count). The SMILES string of the molecule is O=C1COC(C(Oc2ccc3c(c2)OCO3)c2ccccc2)CN1. The molecule has 1 fully saturated rings. The minimum Gasteiger partial charge on any atom is -0.483 e. The fourth-order valence-electron chi connectivity index (χ4n) is 2.80. The summed E-state index contributed by atoms with van der Waals surface area (Å²) in [6.07, 6.45) is -0.609. The Morgan fingerprint density at radius 2 is 1.92 bits per heavy atom. The predicted octanol–water partition coefficient (Wildman–Crippen LogP) is 2.05. The molecule has 1 N–H and O–H groups in total. The van der Waals surface area contributed by atoms with E-state index in [-0.39, 0.29) is 31.5 Å². The van der Waals surface area contributed by atoms with Crippen LogP contribution in [0.1, 0.15) is 11.7 Å². The van der Waals surface area contributed by atoms with Gasteiger partial charge in [0.2, 0.25) is 12.7 Å². The van der Waals surface area contributed by atoms with Crippen molar-refractivity contribution in [2.75, 3.05) is 19.9 Å².